The van der Waals surface area contributed by atoms with E-state index in [0.29, 0.717) is 78.5 Å². The second-order valence-electron chi connectivity index (χ2n) is 21.5. The van der Waals surface area contributed by atoms with Gasteiger partial charge in [0.1, 0.15) is 22.8 Å². The largest absolute Gasteiger partial charge is 0.444 e. The van der Waals surface area contributed by atoms with E-state index in [1.165, 1.54) is 73.0 Å². The van der Waals surface area contributed by atoms with Crippen LogP contribution in [-0.2, 0) is 22.3 Å². The summed E-state index contributed by atoms with van der Waals surface area (Å²) in [6, 6.07) is 4.92. The number of carbonyl (C=O) groups excluding carboxylic acids is 3. The van der Waals surface area contributed by atoms with Gasteiger partial charge >= 0.3 is 12.2 Å². The summed E-state index contributed by atoms with van der Waals surface area (Å²) in [6.45, 7) is 12.8. The minimum atomic E-state index is -0.589. The predicted molar refractivity (Wildman–Crippen MR) is 239 cm³/mol. The summed E-state index contributed by atoms with van der Waals surface area (Å²) >= 11 is 0. The van der Waals surface area contributed by atoms with Gasteiger partial charge < -0.3 is 25.0 Å². The molecule has 10 rings (SSSR count). The van der Waals surface area contributed by atoms with E-state index in [1.54, 1.807) is 9.80 Å². The standard InChI is InChI=1S/C26H31FN2O3.C26H29FN2O2/c1-25(2,3)32-24(31)29-10-4-5-16(14-29)21-20(27)12-18(23(28)30)17-11-15-6-7-26(8-9-26)13-19(15)22(17)21;1-25(2,3)31-24(30)29-10-4-5-17(15-29)22-21(27)12-18(14-28)19-11-16-6-7-26(8-9-26)13-20(16)23(19)22/h5,12H,4,6-11,13-14H2,1-3H3,(H2,28,30);5,12H,4,6-11,13,15H2,1-3H3. The highest BCUT2D eigenvalue weighted by molar-refractivity contribution is 6.00. The smallest absolute Gasteiger partial charge is 0.410 e. The molecule has 2 saturated carbocycles. The van der Waals surface area contributed by atoms with E-state index in [9.17, 15) is 19.6 Å². The van der Waals surface area contributed by atoms with Crippen LogP contribution in [0.1, 0.15) is 168 Å². The molecule has 6 aliphatic carbocycles. The van der Waals surface area contributed by atoms with Crippen molar-refractivity contribution in [3.63, 3.8) is 0 Å². The number of primary amides is 1. The van der Waals surface area contributed by atoms with E-state index in [1.807, 2.05) is 47.6 Å². The first-order valence-electron chi connectivity index (χ1n) is 22.9. The van der Waals surface area contributed by atoms with Crippen LogP contribution in [-0.4, -0.2) is 65.3 Å². The number of ether oxygens (including phenoxy) is 2. The number of carbonyl (C=O) groups is 3. The molecule has 2 spiro atoms. The molecule has 0 aromatic heterocycles. The molecule has 9 nitrogen and oxygen atoms in total. The number of hydrogen-bond acceptors (Lipinski definition) is 6. The van der Waals surface area contributed by atoms with Crippen molar-refractivity contribution in [1.29, 1.82) is 5.26 Å². The van der Waals surface area contributed by atoms with Crippen LogP contribution >= 0.6 is 0 Å². The average molecular weight is 859 g/mol. The zero-order valence-electron chi connectivity index (χ0n) is 37.8. The molecule has 2 N–H and O–H groups in total. The van der Waals surface area contributed by atoms with Gasteiger partial charge in [-0.3, -0.25) is 4.79 Å². The van der Waals surface area contributed by atoms with E-state index >= 15 is 8.78 Å². The van der Waals surface area contributed by atoms with Crippen molar-refractivity contribution in [1.82, 2.24) is 9.80 Å². The van der Waals surface area contributed by atoms with Gasteiger partial charge in [-0.1, -0.05) is 23.3 Å². The number of halogens is 2. The highest BCUT2D eigenvalue weighted by atomic mass is 19.1. The van der Waals surface area contributed by atoms with Gasteiger partial charge in [-0.05, 0) is 199 Å². The van der Waals surface area contributed by atoms with E-state index in [2.05, 4.69) is 12.1 Å². The van der Waals surface area contributed by atoms with E-state index in [4.69, 9.17) is 15.2 Å². The van der Waals surface area contributed by atoms with Crippen LogP contribution < -0.4 is 5.73 Å². The Morgan fingerprint density at radius 2 is 1.13 bits per heavy atom. The number of nitriles is 1. The lowest BCUT2D eigenvalue weighted by Gasteiger charge is -2.31. The van der Waals surface area contributed by atoms with Gasteiger partial charge in [-0.2, -0.15) is 5.26 Å². The van der Waals surface area contributed by atoms with E-state index < -0.39 is 22.9 Å². The van der Waals surface area contributed by atoms with Gasteiger partial charge in [-0.25, -0.2) is 18.4 Å². The van der Waals surface area contributed by atoms with Crippen molar-refractivity contribution in [2.75, 3.05) is 26.2 Å². The quantitative estimate of drug-likeness (QED) is 0.328. The molecule has 11 heteroatoms. The Balaban J connectivity index is 0.000000160. The number of nitrogens with two attached hydrogens (primary N) is 1. The van der Waals surface area contributed by atoms with Crippen LogP contribution in [0.5, 0.6) is 0 Å². The average Bonchev–Trinajstić information content (AvgIpc) is 4.09. The molecule has 0 atom stereocenters. The van der Waals surface area contributed by atoms with Gasteiger partial charge in [0.25, 0.3) is 0 Å². The number of fused-ring (bicyclic) bond motifs is 4. The number of hydrogen-bond donors (Lipinski definition) is 1. The molecule has 0 bridgehead atoms. The zero-order chi connectivity index (χ0) is 44.8. The van der Waals surface area contributed by atoms with Crippen molar-refractivity contribution in [2.24, 2.45) is 16.6 Å². The maximum atomic E-state index is 15.6. The molecule has 63 heavy (non-hydrogen) atoms. The van der Waals surface area contributed by atoms with Crippen molar-refractivity contribution in [2.45, 2.75) is 143 Å². The van der Waals surface area contributed by atoms with Gasteiger partial charge in [0.2, 0.25) is 5.91 Å². The van der Waals surface area contributed by atoms with Gasteiger partial charge in [0, 0.05) is 42.9 Å². The topological polar surface area (TPSA) is 126 Å². The normalized spacial score (nSPS) is 21.3. The van der Waals surface area contributed by atoms with Gasteiger partial charge in [0.15, 0.2) is 0 Å². The Bertz CT molecular complexity index is 2520. The molecule has 0 unspecified atom stereocenters. The fourth-order valence-corrected chi connectivity index (χ4v) is 11.0. The number of benzene rings is 2. The Kier molecular flexibility index (Phi) is 10.6. The third-order valence-electron chi connectivity index (χ3n) is 14.6. The molecule has 8 aliphatic rings. The fourth-order valence-electron chi connectivity index (χ4n) is 11.0. The van der Waals surface area contributed by atoms with Gasteiger partial charge in [0.05, 0.1) is 11.6 Å². The minimum absolute atomic E-state index is 0.293. The number of rotatable bonds is 3. The SMILES string of the molecule is CC(C)(C)OC(=O)N1CCC=C(c2c(F)cc(C#N)c3c2C2=C(CCC4(CC4)C2)C3)C1.CC(C)(C)OC(=O)N1CCC=C(c2c(F)cc(C(N)=O)c3c2C2=C(CCC4(CC4)C2)C3)C1. The van der Waals surface area contributed by atoms with Crippen molar-refractivity contribution in [3.05, 3.63) is 91.6 Å². The van der Waals surface area contributed by atoms with Crippen LogP contribution in [0.4, 0.5) is 18.4 Å². The highest BCUT2D eigenvalue weighted by Gasteiger charge is 2.49. The first-order chi connectivity index (χ1) is 29.8. The first kappa shape index (κ1) is 43.0. The lowest BCUT2D eigenvalue weighted by atomic mass is 9.79. The summed E-state index contributed by atoms with van der Waals surface area (Å²) in [5, 5.41) is 9.68. The van der Waals surface area contributed by atoms with Gasteiger partial charge in [-0.15, -0.1) is 0 Å². The van der Waals surface area contributed by atoms with Crippen molar-refractivity contribution >= 4 is 40.4 Å². The molecule has 332 valence electrons. The first-order valence-corrected chi connectivity index (χ1v) is 22.9. The number of allylic oxidation sites excluding steroid dienone is 4. The predicted octanol–water partition coefficient (Wildman–Crippen LogP) is 11.2. The van der Waals surface area contributed by atoms with Crippen LogP contribution in [0.3, 0.4) is 0 Å². The summed E-state index contributed by atoms with van der Waals surface area (Å²) in [5.41, 5.74) is 17.7. The molecule has 2 aliphatic heterocycles. The molecule has 2 heterocycles. The molecule has 0 saturated heterocycles. The highest BCUT2D eigenvalue weighted by Crippen LogP contribution is 2.63. The van der Waals surface area contributed by atoms with Crippen LogP contribution in [0, 0.1) is 33.8 Å². The third-order valence-corrected chi connectivity index (χ3v) is 14.6. The molecule has 3 amide bonds. The third kappa shape index (κ3) is 8.35. The molecule has 2 aromatic carbocycles. The Labute approximate surface area is 370 Å². The monoisotopic (exact) mass is 858 g/mol. The second-order valence-corrected chi connectivity index (χ2v) is 21.5. The molecule has 2 aromatic rings. The Morgan fingerprint density at radius 3 is 1.56 bits per heavy atom. The van der Waals surface area contributed by atoms with Crippen molar-refractivity contribution < 1.29 is 32.6 Å². The lowest BCUT2D eigenvalue weighted by Crippen LogP contribution is -2.39. The molecular weight excluding hydrogens is 799 g/mol. The van der Waals surface area contributed by atoms with Crippen LogP contribution in [0.25, 0.3) is 22.3 Å². The van der Waals surface area contributed by atoms with Crippen LogP contribution in [0.2, 0.25) is 0 Å². The molecule has 2 fully saturated rings. The lowest BCUT2D eigenvalue weighted by molar-refractivity contribution is 0.0262. The number of amides is 3. The maximum absolute atomic E-state index is 15.6. The minimum Gasteiger partial charge on any atom is -0.444 e. The fraction of sp³-hybridized carbons (Fsp3) is 0.538. The summed E-state index contributed by atoms with van der Waals surface area (Å²) in [7, 11) is 0. The zero-order valence-corrected chi connectivity index (χ0v) is 37.8. The Hall–Kier alpha value is -5.24. The summed E-state index contributed by atoms with van der Waals surface area (Å²) in [4.78, 5) is 40.8. The van der Waals surface area contributed by atoms with E-state index in [0.717, 1.165) is 65.5 Å². The molecular formula is C52H60F2N4O5. The Morgan fingerprint density at radius 1 is 0.683 bits per heavy atom. The van der Waals surface area contributed by atoms with E-state index in [-0.39, 0.29) is 18.0 Å². The molecule has 0 radical (unpaired) electrons. The maximum Gasteiger partial charge on any atom is 0.410 e. The van der Waals surface area contributed by atoms with Crippen LogP contribution in [0.15, 0.2) is 35.4 Å². The summed E-state index contributed by atoms with van der Waals surface area (Å²) < 4.78 is 42.2. The summed E-state index contributed by atoms with van der Waals surface area (Å²) in [5.74, 6) is -1.36. The van der Waals surface area contributed by atoms with Crippen molar-refractivity contribution in [3.8, 4) is 6.07 Å². The second kappa shape index (κ2) is 15.5. The number of nitrogens with zero attached hydrogens (tertiary/aromatic N) is 3. The summed E-state index contributed by atoms with van der Waals surface area (Å²) in [6.07, 6.45) is 17.4.